The average Bonchev–Trinajstić information content (AvgIpc) is 3.24. The van der Waals surface area contributed by atoms with E-state index in [-0.39, 0.29) is 41.2 Å². The first kappa shape index (κ1) is 37.2. The minimum absolute atomic E-state index is 0.159. The third-order valence-corrected chi connectivity index (χ3v) is 12.4. The van der Waals surface area contributed by atoms with E-state index >= 15 is 0 Å². The van der Waals surface area contributed by atoms with Gasteiger partial charge in [-0.2, -0.15) is 10.2 Å². The van der Waals surface area contributed by atoms with Crippen LogP contribution in [-0.2, 0) is 24.6 Å². The molecule has 0 spiro atoms. The second kappa shape index (κ2) is 16.1. The fourth-order valence-electron chi connectivity index (χ4n) is 9.04. The SMILES string of the molecule is O=C1CC[C@H](c2ccc(N3CCN(C(=O)CC4CCN(C(=O)C5(c6ccccc6)CCN(c6cnnc(-c7ccccc7O)c6)CC5)CC4)CC3)cc2)C(=O)N1. The summed E-state index contributed by atoms with van der Waals surface area (Å²) in [6, 6.07) is 27.3. The third-order valence-electron chi connectivity index (χ3n) is 12.4. The van der Waals surface area contributed by atoms with E-state index in [1.54, 1.807) is 18.3 Å². The quantitative estimate of drug-likeness (QED) is 0.241. The van der Waals surface area contributed by atoms with E-state index in [0.29, 0.717) is 82.6 Å². The van der Waals surface area contributed by atoms with Crippen LogP contribution in [0.4, 0.5) is 11.4 Å². The summed E-state index contributed by atoms with van der Waals surface area (Å²) in [6.45, 7) is 5.46. The van der Waals surface area contributed by atoms with Crippen LogP contribution in [0, 0.1) is 5.92 Å². The van der Waals surface area contributed by atoms with E-state index in [0.717, 1.165) is 48.4 Å². The van der Waals surface area contributed by atoms with Crippen LogP contribution in [0.1, 0.15) is 62.0 Å². The van der Waals surface area contributed by atoms with Gasteiger partial charge < -0.3 is 24.7 Å². The number of aromatic hydroxyl groups is 1. The van der Waals surface area contributed by atoms with Crippen molar-refractivity contribution in [1.29, 1.82) is 0 Å². The van der Waals surface area contributed by atoms with Crippen molar-refractivity contribution in [2.75, 3.05) is 62.2 Å². The van der Waals surface area contributed by atoms with Gasteiger partial charge in [0.15, 0.2) is 0 Å². The Labute approximate surface area is 327 Å². The molecule has 0 bridgehead atoms. The number of carbonyl (C=O) groups is 4. The number of hydrogen-bond donors (Lipinski definition) is 2. The summed E-state index contributed by atoms with van der Waals surface area (Å²) in [7, 11) is 0. The molecule has 3 aromatic carbocycles. The van der Waals surface area contributed by atoms with Gasteiger partial charge in [-0.3, -0.25) is 24.5 Å². The number of hydrogen-bond acceptors (Lipinski definition) is 9. The summed E-state index contributed by atoms with van der Waals surface area (Å²) >= 11 is 0. The van der Waals surface area contributed by atoms with Gasteiger partial charge >= 0.3 is 0 Å². The van der Waals surface area contributed by atoms with Crippen LogP contribution in [0.3, 0.4) is 0 Å². The molecule has 0 unspecified atom stereocenters. The number of imide groups is 1. The van der Waals surface area contributed by atoms with Crippen molar-refractivity contribution in [3.63, 3.8) is 0 Å². The summed E-state index contributed by atoms with van der Waals surface area (Å²) in [5.41, 5.74) is 4.56. The lowest BCUT2D eigenvalue weighted by Crippen LogP contribution is -2.54. The number of para-hydroxylation sites is 1. The Kier molecular flexibility index (Phi) is 10.7. The number of likely N-dealkylation sites (tertiary alicyclic amines) is 1. The lowest BCUT2D eigenvalue weighted by atomic mass is 9.71. The monoisotopic (exact) mass is 755 g/mol. The van der Waals surface area contributed by atoms with Crippen LogP contribution in [0.25, 0.3) is 11.3 Å². The van der Waals surface area contributed by atoms with Gasteiger partial charge in [0.1, 0.15) is 5.75 Å². The first-order chi connectivity index (χ1) is 27.3. The molecule has 4 aliphatic rings. The maximum Gasteiger partial charge on any atom is 0.234 e. The molecular weight excluding hydrogens is 707 g/mol. The van der Waals surface area contributed by atoms with E-state index in [9.17, 15) is 24.3 Å². The number of anilines is 2. The van der Waals surface area contributed by atoms with Crippen LogP contribution in [-0.4, -0.2) is 101 Å². The third kappa shape index (κ3) is 7.69. The fraction of sp³-hybridized carbons (Fsp3) is 0.409. The van der Waals surface area contributed by atoms with E-state index < -0.39 is 5.41 Å². The van der Waals surface area contributed by atoms with Crippen molar-refractivity contribution >= 4 is 35.0 Å². The minimum atomic E-state index is -0.633. The number of rotatable bonds is 8. The van der Waals surface area contributed by atoms with Crippen molar-refractivity contribution in [2.24, 2.45) is 5.92 Å². The molecule has 0 aliphatic carbocycles. The van der Waals surface area contributed by atoms with Crippen LogP contribution in [0.2, 0.25) is 0 Å². The second-order valence-corrected chi connectivity index (χ2v) is 15.7. The molecule has 2 N–H and O–H groups in total. The van der Waals surface area contributed by atoms with E-state index in [4.69, 9.17) is 0 Å². The number of amides is 4. The molecule has 5 heterocycles. The van der Waals surface area contributed by atoms with E-state index in [2.05, 4.69) is 37.4 Å². The van der Waals surface area contributed by atoms with Crippen LogP contribution >= 0.6 is 0 Å². The maximum atomic E-state index is 14.6. The number of nitrogens with one attached hydrogen (secondary N) is 1. The molecule has 56 heavy (non-hydrogen) atoms. The Hall–Kier alpha value is -5.78. The summed E-state index contributed by atoms with van der Waals surface area (Å²) < 4.78 is 0. The number of benzene rings is 3. The molecule has 4 aliphatic heterocycles. The van der Waals surface area contributed by atoms with Crippen LogP contribution < -0.4 is 15.1 Å². The number of phenols is 1. The lowest BCUT2D eigenvalue weighted by molar-refractivity contribution is -0.140. The molecule has 0 saturated carbocycles. The number of piperazine rings is 1. The molecular formula is C44H49N7O5. The van der Waals surface area contributed by atoms with Crippen molar-refractivity contribution in [3.05, 3.63) is 102 Å². The van der Waals surface area contributed by atoms with Gasteiger partial charge in [0.05, 0.1) is 28.9 Å². The highest BCUT2D eigenvalue weighted by atomic mass is 16.3. The van der Waals surface area contributed by atoms with Gasteiger partial charge in [0.25, 0.3) is 0 Å². The van der Waals surface area contributed by atoms with Crippen LogP contribution in [0.15, 0.2) is 91.1 Å². The number of carbonyl (C=O) groups excluding carboxylic acids is 4. The second-order valence-electron chi connectivity index (χ2n) is 15.7. The molecule has 1 aromatic heterocycles. The smallest absolute Gasteiger partial charge is 0.234 e. The number of piperidine rings is 3. The fourth-order valence-corrected chi connectivity index (χ4v) is 9.04. The average molecular weight is 756 g/mol. The zero-order chi connectivity index (χ0) is 38.6. The van der Waals surface area contributed by atoms with E-state index in [1.807, 2.05) is 70.5 Å². The van der Waals surface area contributed by atoms with E-state index in [1.165, 1.54) is 0 Å². The molecule has 1 atom stereocenters. The van der Waals surface area contributed by atoms with Gasteiger partial charge in [-0.25, -0.2) is 0 Å². The summed E-state index contributed by atoms with van der Waals surface area (Å²) in [4.78, 5) is 60.5. The van der Waals surface area contributed by atoms with Gasteiger partial charge in [-0.1, -0.05) is 54.6 Å². The normalized spacial score (nSPS) is 20.5. The Bertz CT molecular complexity index is 2050. The van der Waals surface area contributed by atoms with Gasteiger partial charge in [0.2, 0.25) is 23.6 Å². The number of nitrogens with zero attached hydrogens (tertiary/aromatic N) is 6. The molecule has 12 nitrogen and oxygen atoms in total. The molecule has 0 radical (unpaired) electrons. The molecule has 4 fully saturated rings. The zero-order valence-electron chi connectivity index (χ0n) is 31.7. The minimum Gasteiger partial charge on any atom is -0.507 e. The van der Waals surface area contributed by atoms with Gasteiger partial charge in [0, 0.05) is 76.5 Å². The van der Waals surface area contributed by atoms with Crippen molar-refractivity contribution in [3.8, 4) is 17.0 Å². The summed E-state index contributed by atoms with van der Waals surface area (Å²) in [5, 5.41) is 21.4. The first-order valence-corrected chi connectivity index (χ1v) is 19.9. The predicted molar refractivity (Wildman–Crippen MR) is 213 cm³/mol. The molecule has 12 heteroatoms. The lowest BCUT2D eigenvalue weighted by Gasteiger charge is -2.45. The zero-order valence-corrected chi connectivity index (χ0v) is 31.7. The highest BCUT2D eigenvalue weighted by molar-refractivity contribution is 6.01. The van der Waals surface area contributed by atoms with Gasteiger partial charge in [-0.05, 0) is 79.5 Å². The number of aromatic nitrogens is 2. The van der Waals surface area contributed by atoms with Crippen molar-refractivity contribution < 1.29 is 24.3 Å². The largest absolute Gasteiger partial charge is 0.507 e. The maximum absolute atomic E-state index is 14.6. The first-order valence-electron chi connectivity index (χ1n) is 19.9. The predicted octanol–water partition coefficient (Wildman–Crippen LogP) is 4.89. The summed E-state index contributed by atoms with van der Waals surface area (Å²) in [5.74, 6) is 0.0344. The Morgan fingerprint density at radius 2 is 1.43 bits per heavy atom. The highest BCUT2D eigenvalue weighted by Crippen LogP contribution is 2.40. The molecule has 8 rings (SSSR count). The Morgan fingerprint density at radius 3 is 2.12 bits per heavy atom. The topological polar surface area (TPSA) is 139 Å². The highest BCUT2D eigenvalue weighted by Gasteiger charge is 2.46. The standard InChI is InChI=1S/C44H49N7O5/c52-39-9-5-4-8-37(39)38-29-35(30-45-47-38)48-22-18-44(19-23-48,33-6-2-1-3-7-33)43(56)51-20-16-31(17-21-51)28-41(54)50-26-24-49(25-27-50)34-12-10-32(11-13-34)36-14-15-40(53)46-42(36)55/h1-13,29-31,36,52H,14-28H2,(H,46,53,55)/t36-/m1/s1. The molecule has 4 saturated heterocycles. The molecule has 4 amide bonds. The molecule has 290 valence electrons. The Morgan fingerprint density at radius 1 is 0.750 bits per heavy atom. The van der Waals surface area contributed by atoms with Crippen molar-refractivity contribution in [2.45, 2.75) is 56.3 Å². The number of phenolic OH excluding ortho intramolecular Hbond substituents is 1. The summed E-state index contributed by atoms with van der Waals surface area (Å²) in [6.07, 6.45) is 6.10. The van der Waals surface area contributed by atoms with Crippen molar-refractivity contribution in [1.82, 2.24) is 25.3 Å². The Balaban J connectivity index is 0.840. The van der Waals surface area contributed by atoms with Crippen LogP contribution in [0.5, 0.6) is 5.75 Å². The van der Waals surface area contributed by atoms with Gasteiger partial charge in [-0.15, -0.1) is 0 Å². The molecule has 4 aromatic rings.